The first-order valence-corrected chi connectivity index (χ1v) is 11.0. The Balaban J connectivity index is 1.64. The van der Waals surface area contributed by atoms with Crippen molar-refractivity contribution in [2.75, 3.05) is 10.0 Å². The lowest BCUT2D eigenvalue weighted by atomic mass is 10.2. The third kappa shape index (κ3) is 5.52. The molecular formula is C22H21ClN2O4S. The van der Waals surface area contributed by atoms with E-state index in [1.165, 1.54) is 24.3 Å². The summed E-state index contributed by atoms with van der Waals surface area (Å²) in [6.07, 6.45) is -0.719. The first kappa shape index (κ1) is 21.7. The van der Waals surface area contributed by atoms with Gasteiger partial charge >= 0.3 is 0 Å². The average molecular weight is 445 g/mol. The fourth-order valence-electron chi connectivity index (χ4n) is 2.59. The number of benzene rings is 3. The van der Waals surface area contributed by atoms with Gasteiger partial charge < -0.3 is 10.1 Å². The number of ether oxygens (including phenoxy) is 1. The molecule has 6 nitrogen and oxygen atoms in total. The number of aryl methyl sites for hydroxylation is 1. The number of hydrogen-bond donors (Lipinski definition) is 2. The molecule has 2 N–H and O–H groups in total. The van der Waals surface area contributed by atoms with Crippen LogP contribution in [0.1, 0.15) is 12.5 Å². The summed E-state index contributed by atoms with van der Waals surface area (Å²) in [5.41, 5.74) is 1.68. The van der Waals surface area contributed by atoms with Gasteiger partial charge in [-0.25, -0.2) is 8.42 Å². The first-order chi connectivity index (χ1) is 14.2. The maximum Gasteiger partial charge on any atom is 0.265 e. The monoisotopic (exact) mass is 444 g/mol. The topological polar surface area (TPSA) is 84.5 Å². The highest BCUT2D eigenvalue weighted by molar-refractivity contribution is 7.92. The lowest BCUT2D eigenvalue weighted by molar-refractivity contribution is -0.122. The second-order valence-corrected chi connectivity index (χ2v) is 8.75. The predicted molar refractivity (Wildman–Crippen MR) is 119 cm³/mol. The van der Waals surface area contributed by atoms with Gasteiger partial charge in [0.05, 0.1) is 10.6 Å². The van der Waals surface area contributed by atoms with Crippen LogP contribution in [0.15, 0.2) is 77.7 Å². The summed E-state index contributed by atoms with van der Waals surface area (Å²) in [4.78, 5) is 12.4. The fourth-order valence-corrected chi connectivity index (χ4v) is 3.82. The highest BCUT2D eigenvalue weighted by Gasteiger charge is 2.17. The van der Waals surface area contributed by atoms with Crippen molar-refractivity contribution in [3.8, 4) is 5.75 Å². The third-order valence-electron chi connectivity index (χ3n) is 4.28. The molecule has 0 fully saturated rings. The number of rotatable bonds is 7. The summed E-state index contributed by atoms with van der Waals surface area (Å²) in [7, 11) is -3.79. The molecule has 0 spiro atoms. The quantitative estimate of drug-likeness (QED) is 0.545. The molecule has 8 heteroatoms. The lowest BCUT2D eigenvalue weighted by Crippen LogP contribution is -2.30. The van der Waals surface area contributed by atoms with Crippen LogP contribution in [-0.4, -0.2) is 20.4 Å². The predicted octanol–water partition coefficient (Wildman–Crippen LogP) is 4.86. The SMILES string of the molecule is Cc1ccc(NS(=O)(=O)c2ccc(NC(=O)C(C)Oc3ccccc3)cc2)cc1Cl. The van der Waals surface area contributed by atoms with Crippen LogP contribution >= 0.6 is 11.6 Å². The Bertz CT molecular complexity index is 1130. The van der Waals surface area contributed by atoms with Crippen LogP contribution in [0.2, 0.25) is 5.02 Å². The number of carbonyl (C=O) groups excluding carboxylic acids is 1. The van der Waals surface area contributed by atoms with Gasteiger partial charge in [0.25, 0.3) is 15.9 Å². The molecule has 156 valence electrons. The van der Waals surface area contributed by atoms with Crippen molar-refractivity contribution < 1.29 is 17.9 Å². The fraction of sp³-hybridized carbons (Fsp3) is 0.136. The molecule has 1 atom stereocenters. The Morgan fingerprint density at radius 2 is 1.60 bits per heavy atom. The molecule has 0 saturated carbocycles. The largest absolute Gasteiger partial charge is 0.481 e. The molecule has 0 aromatic heterocycles. The lowest BCUT2D eigenvalue weighted by Gasteiger charge is -2.15. The summed E-state index contributed by atoms with van der Waals surface area (Å²) < 4.78 is 33.2. The summed E-state index contributed by atoms with van der Waals surface area (Å²) in [6, 6.07) is 19.8. The second kappa shape index (κ2) is 9.19. The summed E-state index contributed by atoms with van der Waals surface area (Å²) in [6.45, 7) is 3.47. The number of carbonyl (C=O) groups is 1. The number of halogens is 1. The second-order valence-electron chi connectivity index (χ2n) is 6.66. The van der Waals surface area contributed by atoms with Crippen molar-refractivity contribution in [3.63, 3.8) is 0 Å². The van der Waals surface area contributed by atoms with Crippen molar-refractivity contribution in [1.29, 1.82) is 0 Å². The maximum atomic E-state index is 12.6. The zero-order valence-electron chi connectivity index (χ0n) is 16.4. The first-order valence-electron chi connectivity index (χ1n) is 9.16. The van der Waals surface area contributed by atoms with Gasteiger partial charge in [-0.1, -0.05) is 35.9 Å². The minimum atomic E-state index is -3.79. The summed E-state index contributed by atoms with van der Waals surface area (Å²) in [5, 5.41) is 3.18. The van der Waals surface area contributed by atoms with Gasteiger partial charge in [0.2, 0.25) is 0 Å². The van der Waals surface area contributed by atoms with E-state index < -0.39 is 16.1 Å². The summed E-state index contributed by atoms with van der Waals surface area (Å²) >= 11 is 6.05. The van der Waals surface area contributed by atoms with E-state index in [2.05, 4.69) is 10.0 Å². The van der Waals surface area contributed by atoms with Crippen molar-refractivity contribution in [3.05, 3.63) is 83.4 Å². The highest BCUT2D eigenvalue weighted by atomic mass is 35.5. The van der Waals surface area contributed by atoms with Crippen LogP contribution in [0.3, 0.4) is 0 Å². The third-order valence-corrected chi connectivity index (χ3v) is 6.09. The number of nitrogens with one attached hydrogen (secondary N) is 2. The molecule has 0 bridgehead atoms. The molecule has 3 rings (SSSR count). The number of sulfonamides is 1. The highest BCUT2D eigenvalue weighted by Crippen LogP contribution is 2.23. The molecule has 1 unspecified atom stereocenters. The van der Waals surface area contributed by atoms with E-state index >= 15 is 0 Å². The zero-order valence-corrected chi connectivity index (χ0v) is 18.0. The minimum Gasteiger partial charge on any atom is -0.481 e. The van der Waals surface area contributed by atoms with E-state index in [4.69, 9.17) is 16.3 Å². The van der Waals surface area contributed by atoms with Gasteiger partial charge in [-0.3, -0.25) is 9.52 Å². The molecule has 0 radical (unpaired) electrons. The summed E-state index contributed by atoms with van der Waals surface area (Å²) in [5.74, 6) is 0.241. The molecule has 0 aliphatic carbocycles. The maximum absolute atomic E-state index is 12.6. The van der Waals surface area contributed by atoms with Crippen molar-refractivity contribution in [2.45, 2.75) is 24.8 Å². The van der Waals surface area contributed by atoms with E-state index in [1.807, 2.05) is 25.1 Å². The Hall–Kier alpha value is -3.03. The van der Waals surface area contributed by atoms with E-state index in [-0.39, 0.29) is 10.8 Å². The molecular weight excluding hydrogens is 424 g/mol. The Kier molecular flexibility index (Phi) is 6.64. The Morgan fingerprint density at radius 3 is 2.23 bits per heavy atom. The molecule has 30 heavy (non-hydrogen) atoms. The minimum absolute atomic E-state index is 0.0609. The van der Waals surface area contributed by atoms with Crippen LogP contribution in [0.5, 0.6) is 5.75 Å². The van der Waals surface area contributed by atoms with Gasteiger partial charge in [-0.05, 0) is 67.9 Å². The van der Waals surface area contributed by atoms with E-state index in [0.717, 1.165) is 5.56 Å². The Morgan fingerprint density at radius 1 is 0.967 bits per heavy atom. The van der Waals surface area contributed by atoms with E-state index in [0.29, 0.717) is 22.1 Å². The smallest absolute Gasteiger partial charge is 0.265 e. The zero-order chi connectivity index (χ0) is 21.7. The molecule has 0 saturated heterocycles. The molecule has 3 aromatic rings. The average Bonchev–Trinajstić information content (AvgIpc) is 2.71. The van der Waals surface area contributed by atoms with Gasteiger partial charge in [0.15, 0.2) is 6.10 Å². The number of hydrogen-bond acceptors (Lipinski definition) is 4. The van der Waals surface area contributed by atoms with Crippen LogP contribution in [0, 0.1) is 6.92 Å². The van der Waals surface area contributed by atoms with Gasteiger partial charge in [0, 0.05) is 10.7 Å². The van der Waals surface area contributed by atoms with Crippen LogP contribution in [0.4, 0.5) is 11.4 Å². The van der Waals surface area contributed by atoms with Crippen molar-refractivity contribution in [2.24, 2.45) is 0 Å². The van der Waals surface area contributed by atoms with Crippen molar-refractivity contribution >= 4 is 38.9 Å². The van der Waals surface area contributed by atoms with Crippen LogP contribution in [-0.2, 0) is 14.8 Å². The van der Waals surface area contributed by atoms with Crippen molar-refractivity contribution in [1.82, 2.24) is 0 Å². The van der Waals surface area contributed by atoms with Gasteiger partial charge in [-0.15, -0.1) is 0 Å². The normalized spacial score (nSPS) is 12.1. The number of amides is 1. The molecule has 0 aliphatic heterocycles. The van der Waals surface area contributed by atoms with E-state index in [9.17, 15) is 13.2 Å². The Labute approximate surface area is 180 Å². The van der Waals surface area contributed by atoms with Gasteiger partial charge in [-0.2, -0.15) is 0 Å². The standard InChI is InChI=1S/C22H21ClN2O4S/c1-15-8-9-18(14-21(15)23)25-30(27,28)20-12-10-17(11-13-20)24-22(26)16(2)29-19-6-4-3-5-7-19/h3-14,16,25H,1-2H3,(H,24,26). The van der Waals surface area contributed by atoms with Crippen LogP contribution in [0.25, 0.3) is 0 Å². The molecule has 0 heterocycles. The number of para-hydroxylation sites is 1. The number of anilines is 2. The van der Waals surface area contributed by atoms with Gasteiger partial charge in [0.1, 0.15) is 5.75 Å². The molecule has 0 aliphatic rings. The van der Waals surface area contributed by atoms with E-state index in [1.54, 1.807) is 37.3 Å². The molecule has 1 amide bonds. The molecule has 3 aromatic carbocycles. The van der Waals surface area contributed by atoms with Crippen LogP contribution < -0.4 is 14.8 Å².